The summed E-state index contributed by atoms with van der Waals surface area (Å²) in [6, 6.07) is 14.9. The van der Waals surface area contributed by atoms with Crippen LogP contribution in [0.25, 0.3) is 0 Å². The van der Waals surface area contributed by atoms with Gasteiger partial charge in [0.2, 0.25) is 11.8 Å². The van der Waals surface area contributed by atoms with Crippen LogP contribution in [0.3, 0.4) is 0 Å². The van der Waals surface area contributed by atoms with Gasteiger partial charge < -0.3 is 34.8 Å². The molecule has 0 radical (unpaired) electrons. The zero-order valence-corrected chi connectivity index (χ0v) is 30.5. The molecule has 3 aromatic carbocycles. The Bertz CT molecular complexity index is 1830. The number of amides is 2. The van der Waals surface area contributed by atoms with Crippen LogP contribution in [0.15, 0.2) is 60.8 Å². The van der Waals surface area contributed by atoms with E-state index in [0.717, 1.165) is 50.3 Å². The molecular weight excluding hydrogens is 673 g/mol. The molecule has 4 aromatic rings. The van der Waals surface area contributed by atoms with Gasteiger partial charge in [-0.25, -0.2) is 9.37 Å². The van der Waals surface area contributed by atoms with Gasteiger partial charge in [0.1, 0.15) is 11.3 Å². The van der Waals surface area contributed by atoms with Crippen molar-refractivity contribution < 1.29 is 23.5 Å². The average Bonchev–Trinajstić information content (AvgIpc) is 3.11. The minimum atomic E-state index is -0.535. The van der Waals surface area contributed by atoms with Crippen molar-refractivity contribution in [2.24, 2.45) is 0 Å². The number of halogens is 2. The van der Waals surface area contributed by atoms with Crippen LogP contribution in [-0.4, -0.2) is 95.9 Å². The highest BCUT2D eigenvalue weighted by Crippen LogP contribution is 2.33. The fraction of sp³-hybridized carbons (Fsp3) is 0.368. The first-order chi connectivity index (χ1) is 24.6. The van der Waals surface area contributed by atoms with Crippen LogP contribution in [0, 0.1) is 19.7 Å². The number of aryl methyl sites for hydroxylation is 2. The maximum absolute atomic E-state index is 15.1. The Hall–Kier alpha value is -4.78. The van der Waals surface area contributed by atoms with Crippen molar-refractivity contribution in [2.75, 3.05) is 70.1 Å². The predicted octanol–water partition coefficient (Wildman–Crippen LogP) is 7.17. The quantitative estimate of drug-likeness (QED) is 0.131. The minimum absolute atomic E-state index is 0.0362. The van der Waals surface area contributed by atoms with Crippen LogP contribution in [0.5, 0.6) is 17.4 Å². The number of hydrogen-bond donors (Lipinski definition) is 2. The lowest BCUT2D eigenvalue weighted by molar-refractivity contribution is 0.0772. The van der Waals surface area contributed by atoms with Crippen LogP contribution < -0.4 is 20.1 Å². The molecule has 1 fully saturated rings. The standard InChI is InChI=1S/C38H45ClFN7O4/c1-6-47(7-2)37(49)27-12-14-32(30(39)22-27)51-36-29(35(48)43-34-25(3)10-8-11-26(34)4)24-41-38(44-36)42-28-13-15-33(31(40)23-28)50-21-9-16-46-19-17-45(5)18-20-46/h8,10-15,22-24H,6-7,9,16-21H2,1-5H3,(H,43,48)(H,41,42,44). The number of benzene rings is 3. The van der Waals surface area contributed by atoms with Crippen LogP contribution in [-0.2, 0) is 0 Å². The number of anilines is 3. The highest BCUT2D eigenvalue weighted by Gasteiger charge is 2.21. The van der Waals surface area contributed by atoms with Crippen LogP contribution in [0.2, 0.25) is 5.02 Å². The number of aromatic nitrogens is 2. The molecule has 11 nitrogen and oxygen atoms in total. The molecule has 5 rings (SSSR count). The Morgan fingerprint density at radius 3 is 2.35 bits per heavy atom. The molecule has 1 aromatic heterocycles. The number of hydrogen-bond acceptors (Lipinski definition) is 9. The molecule has 1 saturated heterocycles. The van der Waals surface area contributed by atoms with E-state index in [0.29, 0.717) is 36.6 Å². The Labute approximate surface area is 303 Å². The SMILES string of the molecule is CCN(CC)C(=O)c1ccc(Oc2nc(Nc3ccc(OCCCN4CCN(C)CC4)c(F)c3)ncc2C(=O)Nc2c(C)cccc2C)c(Cl)c1. The fourth-order valence-electron chi connectivity index (χ4n) is 5.73. The molecule has 1 aliphatic rings. The summed E-state index contributed by atoms with van der Waals surface area (Å²) in [7, 11) is 2.12. The summed E-state index contributed by atoms with van der Waals surface area (Å²) in [6.07, 6.45) is 2.12. The van der Waals surface area contributed by atoms with E-state index in [1.807, 2.05) is 45.9 Å². The fourth-order valence-corrected chi connectivity index (χ4v) is 5.95. The predicted molar refractivity (Wildman–Crippen MR) is 198 cm³/mol. The number of nitrogens with zero attached hydrogens (tertiary/aromatic N) is 5. The molecular formula is C38H45ClFN7O4. The monoisotopic (exact) mass is 717 g/mol. The zero-order chi connectivity index (χ0) is 36.5. The van der Waals surface area contributed by atoms with Gasteiger partial charge in [-0.2, -0.15) is 4.98 Å². The van der Waals surface area contributed by atoms with Gasteiger partial charge in [-0.1, -0.05) is 29.8 Å². The second-order valence-corrected chi connectivity index (χ2v) is 12.9. The van der Waals surface area contributed by atoms with E-state index in [1.165, 1.54) is 18.3 Å². The maximum Gasteiger partial charge on any atom is 0.262 e. The van der Waals surface area contributed by atoms with Crippen LogP contribution in [0.4, 0.5) is 21.7 Å². The van der Waals surface area contributed by atoms with Gasteiger partial charge in [-0.15, -0.1) is 0 Å². The topological polar surface area (TPSA) is 112 Å². The van der Waals surface area contributed by atoms with E-state index < -0.39 is 11.7 Å². The van der Waals surface area contributed by atoms with Gasteiger partial charge in [0.05, 0.1) is 11.6 Å². The molecule has 1 aliphatic heterocycles. The minimum Gasteiger partial charge on any atom is -0.490 e. The Balaban J connectivity index is 1.34. The van der Waals surface area contributed by atoms with E-state index in [-0.39, 0.29) is 39.8 Å². The van der Waals surface area contributed by atoms with Crippen molar-refractivity contribution >= 4 is 40.7 Å². The van der Waals surface area contributed by atoms with Crippen molar-refractivity contribution in [3.8, 4) is 17.4 Å². The Morgan fingerprint density at radius 1 is 0.980 bits per heavy atom. The van der Waals surface area contributed by atoms with E-state index in [1.54, 1.807) is 29.2 Å². The number of para-hydroxylation sites is 1. The normalized spacial score (nSPS) is 13.5. The summed E-state index contributed by atoms with van der Waals surface area (Å²) in [5, 5.41) is 6.08. The molecule has 2 amide bonds. The highest BCUT2D eigenvalue weighted by atomic mass is 35.5. The summed E-state index contributed by atoms with van der Waals surface area (Å²) in [4.78, 5) is 41.7. The molecule has 13 heteroatoms. The molecule has 0 aliphatic carbocycles. The lowest BCUT2D eigenvalue weighted by Gasteiger charge is -2.32. The molecule has 2 N–H and O–H groups in total. The number of likely N-dealkylation sites (N-methyl/N-ethyl adjacent to an activating group) is 1. The molecule has 0 atom stereocenters. The van der Waals surface area contributed by atoms with Gasteiger partial charge in [0.15, 0.2) is 11.6 Å². The summed E-state index contributed by atoms with van der Waals surface area (Å²) in [5.74, 6) is -0.908. The number of rotatable bonds is 14. The maximum atomic E-state index is 15.1. The van der Waals surface area contributed by atoms with Crippen LogP contribution in [0.1, 0.15) is 52.1 Å². The first kappa shape index (κ1) is 37.5. The van der Waals surface area contributed by atoms with Gasteiger partial charge in [0.25, 0.3) is 11.8 Å². The van der Waals surface area contributed by atoms with E-state index in [2.05, 4.69) is 37.4 Å². The average molecular weight is 718 g/mol. The Kier molecular flexibility index (Phi) is 12.8. The first-order valence-electron chi connectivity index (χ1n) is 17.2. The van der Waals surface area contributed by atoms with Crippen molar-refractivity contribution in [3.05, 3.63) is 93.9 Å². The van der Waals surface area contributed by atoms with E-state index in [9.17, 15) is 9.59 Å². The third-order valence-electron chi connectivity index (χ3n) is 8.81. The van der Waals surface area contributed by atoms with Gasteiger partial charge in [-0.05, 0) is 82.6 Å². The summed E-state index contributed by atoms with van der Waals surface area (Å²) in [5.41, 5.74) is 3.22. The number of carbonyl (C=O) groups excluding carboxylic acids is 2. The third-order valence-corrected chi connectivity index (χ3v) is 9.11. The molecule has 0 spiro atoms. The lowest BCUT2D eigenvalue weighted by atomic mass is 10.1. The number of piperazine rings is 1. The van der Waals surface area contributed by atoms with Crippen molar-refractivity contribution in [3.63, 3.8) is 0 Å². The second-order valence-electron chi connectivity index (χ2n) is 12.5. The zero-order valence-electron chi connectivity index (χ0n) is 29.8. The Morgan fingerprint density at radius 2 is 1.69 bits per heavy atom. The van der Waals surface area contributed by atoms with E-state index in [4.69, 9.17) is 21.1 Å². The largest absolute Gasteiger partial charge is 0.490 e. The third kappa shape index (κ3) is 9.72. The second kappa shape index (κ2) is 17.4. The molecule has 0 saturated carbocycles. The molecule has 0 unspecified atom stereocenters. The van der Waals surface area contributed by atoms with Gasteiger partial charge >= 0.3 is 0 Å². The highest BCUT2D eigenvalue weighted by molar-refractivity contribution is 6.32. The number of carbonyl (C=O) groups is 2. The molecule has 0 bridgehead atoms. The first-order valence-corrected chi connectivity index (χ1v) is 17.6. The summed E-state index contributed by atoms with van der Waals surface area (Å²) >= 11 is 6.60. The smallest absolute Gasteiger partial charge is 0.262 e. The number of nitrogens with one attached hydrogen (secondary N) is 2. The van der Waals surface area contributed by atoms with Crippen molar-refractivity contribution in [1.29, 1.82) is 0 Å². The molecule has 2 heterocycles. The van der Waals surface area contributed by atoms with Crippen molar-refractivity contribution in [1.82, 2.24) is 24.7 Å². The van der Waals surface area contributed by atoms with Crippen molar-refractivity contribution in [2.45, 2.75) is 34.1 Å². The molecule has 51 heavy (non-hydrogen) atoms. The van der Waals surface area contributed by atoms with Gasteiger partial charge in [0, 0.05) is 75.0 Å². The van der Waals surface area contributed by atoms with Crippen LogP contribution >= 0.6 is 11.6 Å². The number of ether oxygens (including phenoxy) is 2. The summed E-state index contributed by atoms with van der Waals surface area (Å²) in [6.45, 7) is 14.1. The molecule has 270 valence electrons. The lowest BCUT2D eigenvalue weighted by Crippen LogP contribution is -2.44. The van der Waals surface area contributed by atoms with Gasteiger partial charge in [-0.3, -0.25) is 9.59 Å². The summed E-state index contributed by atoms with van der Waals surface area (Å²) < 4.78 is 26.9. The van der Waals surface area contributed by atoms with E-state index >= 15 is 4.39 Å².